The highest BCUT2D eigenvalue weighted by Gasteiger charge is 2.38. The third-order valence-corrected chi connectivity index (χ3v) is 2.24. The molecule has 0 rings (SSSR count). The summed E-state index contributed by atoms with van der Waals surface area (Å²) in [5.41, 5.74) is -1.31. The van der Waals surface area contributed by atoms with E-state index in [4.69, 9.17) is 10.4 Å². The van der Waals surface area contributed by atoms with Crippen molar-refractivity contribution in [2.24, 2.45) is 5.92 Å². The van der Waals surface area contributed by atoms with Gasteiger partial charge in [-0.3, -0.25) is 4.79 Å². The van der Waals surface area contributed by atoms with Crippen LogP contribution in [0.25, 0.3) is 0 Å². The van der Waals surface area contributed by atoms with Crippen LogP contribution in [0.5, 0.6) is 0 Å². The molecule has 7 heteroatoms. The van der Waals surface area contributed by atoms with Gasteiger partial charge in [0.1, 0.15) is 6.07 Å². The zero-order valence-electron chi connectivity index (χ0n) is 10.1. The summed E-state index contributed by atoms with van der Waals surface area (Å²) in [7, 11) is 0. The van der Waals surface area contributed by atoms with Crippen LogP contribution < -0.4 is 5.32 Å². The average molecular weight is 264 g/mol. The van der Waals surface area contributed by atoms with E-state index in [9.17, 15) is 18.0 Å². The molecule has 0 aromatic rings. The van der Waals surface area contributed by atoms with Crippen molar-refractivity contribution in [2.75, 3.05) is 6.54 Å². The zero-order valence-corrected chi connectivity index (χ0v) is 10.1. The Morgan fingerprint density at radius 2 is 2.06 bits per heavy atom. The van der Waals surface area contributed by atoms with Crippen molar-refractivity contribution in [3.63, 3.8) is 0 Å². The number of halogens is 3. The molecular formula is C11H15F3N2O2. The summed E-state index contributed by atoms with van der Waals surface area (Å²) in [5, 5.41) is 19.4. The molecule has 0 aromatic carbocycles. The molecule has 0 radical (unpaired) electrons. The minimum Gasteiger partial charge on any atom is -0.503 e. The molecule has 1 unspecified atom stereocenters. The van der Waals surface area contributed by atoms with Crippen LogP contribution in [0.2, 0.25) is 0 Å². The highest BCUT2D eigenvalue weighted by molar-refractivity contribution is 5.97. The fourth-order valence-corrected chi connectivity index (χ4v) is 1.30. The van der Waals surface area contributed by atoms with Gasteiger partial charge in [-0.25, -0.2) is 0 Å². The fraction of sp³-hybridized carbons (Fsp3) is 0.636. The van der Waals surface area contributed by atoms with Gasteiger partial charge < -0.3 is 10.4 Å². The minimum absolute atomic E-state index is 0.0897. The van der Waals surface area contributed by atoms with E-state index in [-0.39, 0.29) is 12.5 Å². The Morgan fingerprint density at radius 1 is 1.50 bits per heavy atom. The van der Waals surface area contributed by atoms with Gasteiger partial charge in [-0.2, -0.15) is 18.4 Å². The van der Waals surface area contributed by atoms with Crippen LogP contribution in [0.3, 0.4) is 0 Å². The molecule has 2 N–H and O–H groups in total. The van der Waals surface area contributed by atoms with Crippen LogP contribution in [0.15, 0.2) is 11.3 Å². The number of nitriles is 1. The minimum atomic E-state index is -5.10. The molecule has 0 aromatic heterocycles. The van der Waals surface area contributed by atoms with E-state index >= 15 is 0 Å². The van der Waals surface area contributed by atoms with Crippen molar-refractivity contribution >= 4 is 5.91 Å². The predicted octanol–water partition coefficient (Wildman–Crippen LogP) is 2.44. The first-order valence-corrected chi connectivity index (χ1v) is 5.42. The first-order valence-electron chi connectivity index (χ1n) is 5.42. The van der Waals surface area contributed by atoms with Crippen LogP contribution >= 0.6 is 0 Å². The molecule has 0 saturated heterocycles. The first-order chi connectivity index (χ1) is 8.23. The van der Waals surface area contributed by atoms with Gasteiger partial charge in [0.05, 0.1) is 0 Å². The van der Waals surface area contributed by atoms with E-state index in [0.717, 1.165) is 18.9 Å². The standard InChI is InChI=1S/C11H15F3N2O2/c1-3-4-7(2)6-16-10(18)8(5-15)9(17)11(12,13)14/h7,17H,3-4,6H2,1-2H3,(H,16,18)/b9-8-. The molecule has 102 valence electrons. The van der Waals surface area contributed by atoms with Crippen molar-refractivity contribution in [2.45, 2.75) is 32.9 Å². The molecule has 0 aliphatic carbocycles. The van der Waals surface area contributed by atoms with Crippen molar-refractivity contribution in [1.29, 1.82) is 5.26 Å². The van der Waals surface area contributed by atoms with E-state index in [0.29, 0.717) is 0 Å². The van der Waals surface area contributed by atoms with E-state index < -0.39 is 23.4 Å². The number of hydrogen-bond acceptors (Lipinski definition) is 3. The van der Waals surface area contributed by atoms with Crippen LogP contribution in [0.1, 0.15) is 26.7 Å². The summed E-state index contributed by atoms with van der Waals surface area (Å²) in [6, 6.07) is 1.06. The number of allylic oxidation sites excluding steroid dienone is 1. The molecule has 1 amide bonds. The first kappa shape index (κ1) is 16.3. The van der Waals surface area contributed by atoms with Gasteiger partial charge in [-0.1, -0.05) is 20.3 Å². The number of carbonyl (C=O) groups excluding carboxylic acids is 1. The molecular weight excluding hydrogens is 249 g/mol. The quantitative estimate of drug-likeness (QED) is 0.455. The Bertz CT molecular complexity index is 369. The maximum absolute atomic E-state index is 12.1. The predicted molar refractivity (Wildman–Crippen MR) is 58.4 cm³/mol. The van der Waals surface area contributed by atoms with Gasteiger partial charge >= 0.3 is 6.18 Å². The number of amides is 1. The lowest BCUT2D eigenvalue weighted by Gasteiger charge is -2.12. The number of aliphatic hydroxyl groups excluding tert-OH is 1. The summed E-state index contributed by atoms with van der Waals surface area (Å²) in [6.07, 6.45) is -3.42. The van der Waals surface area contributed by atoms with Crippen LogP contribution in [0.4, 0.5) is 13.2 Å². The second kappa shape index (κ2) is 6.89. The number of alkyl halides is 3. The summed E-state index contributed by atoms with van der Waals surface area (Å²) < 4.78 is 36.4. The van der Waals surface area contributed by atoms with Crippen molar-refractivity contribution in [3.8, 4) is 6.07 Å². The maximum atomic E-state index is 12.1. The van der Waals surface area contributed by atoms with Gasteiger partial charge in [0.2, 0.25) is 5.76 Å². The molecule has 0 bridgehead atoms. The Labute approximate surface area is 103 Å². The topological polar surface area (TPSA) is 73.1 Å². The van der Waals surface area contributed by atoms with E-state index in [1.807, 2.05) is 13.8 Å². The molecule has 18 heavy (non-hydrogen) atoms. The third-order valence-electron chi connectivity index (χ3n) is 2.24. The molecule has 4 nitrogen and oxygen atoms in total. The molecule has 0 aliphatic rings. The summed E-state index contributed by atoms with van der Waals surface area (Å²) in [5.74, 6) is -3.28. The molecule has 0 fully saturated rings. The summed E-state index contributed by atoms with van der Waals surface area (Å²) in [4.78, 5) is 11.3. The Kier molecular flexibility index (Phi) is 6.23. The largest absolute Gasteiger partial charge is 0.503 e. The maximum Gasteiger partial charge on any atom is 0.450 e. The highest BCUT2D eigenvalue weighted by Crippen LogP contribution is 2.25. The van der Waals surface area contributed by atoms with Gasteiger partial charge in [0, 0.05) is 6.54 Å². The van der Waals surface area contributed by atoms with Crippen molar-refractivity contribution in [1.82, 2.24) is 5.32 Å². The SMILES string of the molecule is CCCC(C)CNC(=O)/C(C#N)=C(\O)C(F)(F)F. The molecule has 0 saturated carbocycles. The fourth-order valence-electron chi connectivity index (χ4n) is 1.30. The Balaban J connectivity index is 4.72. The lowest BCUT2D eigenvalue weighted by Crippen LogP contribution is -2.31. The van der Waals surface area contributed by atoms with Gasteiger partial charge in [-0.15, -0.1) is 0 Å². The van der Waals surface area contributed by atoms with Crippen molar-refractivity contribution < 1.29 is 23.1 Å². The third kappa shape index (κ3) is 5.08. The van der Waals surface area contributed by atoms with E-state index in [1.165, 1.54) is 0 Å². The Morgan fingerprint density at radius 3 is 2.44 bits per heavy atom. The number of aliphatic hydroxyl groups is 1. The second-order valence-corrected chi connectivity index (χ2v) is 3.94. The van der Waals surface area contributed by atoms with Crippen LogP contribution in [-0.2, 0) is 4.79 Å². The van der Waals surface area contributed by atoms with E-state index in [1.54, 1.807) is 0 Å². The monoisotopic (exact) mass is 264 g/mol. The zero-order chi connectivity index (χ0) is 14.3. The summed E-state index contributed by atoms with van der Waals surface area (Å²) >= 11 is 0. The number of nitrogens with zero attached hydrogens (tertiary/aromatic N) is 1. The Hall–Kier alpha value is -1.71. The molecule has 0 aliphatic heterocycles. The number of nitrogens with one attached hydrogen (secondary N) is 1. The van der Waals surface area contributed by atoms with Gasteiger partial charge in [-0.05, 0) is 12.3 Å². The number of carbonyl (C=O) groups is 1. The van der Waals surface area contributed by atoms with Crippen molar-refractivity contribution in [3.05, 3.63) is 11.3 Å². The molecule has 1 atom stereocenters. The normalized spacial score (nSPS) is 14.4. The van der Waals surface area contributed by atoms with Gasteiger partial charge in [0.25, 0.3) is 5.91 Å². The smallest absolute Gasteiger partial charge is 0.450 e. The average Bonchev–Trinajstić information content (AvgIpc) is 2.26. The second-order valence-electron chi connectivity index (χ2n) is 3.94. The molecule has 0 spiro atoms. The number of rotatable bonds is 5. The lowest BCUT2D eigenvalue weighted by atomic mass is 10.1. The highest BCUT2D eigenvalue weighted by atomic mass is 19.4. The van der Waals surface area contributed by atoms with Crippen LogP contribution in [-0.4, -0.2) is 23.7 Å². The number of hydrogen-bond donors (Lipinski definition) is 2. The lowest BCUT2D eigenvalue weighted by molar-refractivity contribution is -0.127. The van der Waals surface area contributed by atoms with Gasteiger partial charge in [0.15, 0.2) is 5.57 Å². The van der Waals surface area contributed by atoms with Crippen LogP contribution in [0, 0.1) is 17.2 Å². The molecule has 0 heterocycles. The van der Waals surface area contributed by atoms with E-state index in [2.05, 4.69) is 5.32 Å². The summed E-state index contributed by atoms with van der Waals surface area (Å²) in [6.45, 7) is 3.92.